The zero-order chi connectivity index (χ0) is 20.6. The number of fused-ring (bicyclic) bond motifs is 1. The van der Waals surface area contributed by atoms with E-state index in [0.717, 1.165) is 5.56 Å². The Morgan fingerprint density at radius 2 is 1.83 bits per heavy atom. The van der Waals surface area contributed by atoms with Crippen molar-refractivity contribution in [3.8, 4) is 11.3 Å². The fourth-order valence-electron chi connectivity index (χ4n) is 2.99. The molecule has 0 spiro atoms. The molecule has 1 N–H and O–H groups in total. The van der Waals surface area contributed by atoms with Gasteiger partial charge >= 0.3 is 0 Å². The van der Waals surface area contributed by atoms with Crippen molar-refractivity contribution in [2.45, 2.75) is 26.2 Å². The first-order valence-corrected chi connectivity index (χ1v) is 9.57. The first-order valence-electron chi connectivity index (χ1n) is 9.19. The van der Waals surface area contributed by atoms with Crippen molar-refractivity contribution in [1.29, 1.82) is 0 Å². The molecule has 0 aliphatic carbocycles. The maximum absolute atomic E-state index is 12.7. The average Bonchev–Trinajstić information content (AvgIpc) is 3.13. The van der Waals surface area contributed by atoms with E-state index in [9.17, 15) is 4.79 Å². The van der Waals surface area contributed by atoms with Crippen LogP contribution in [0.5, 0.6) is 0 Å². The molecule has 0 radical (unpaired) electrons. The summed E-state index contributed by atoms with van der Waals surface area (Å²) in [5.41, 5.74) is 3.84. The molecule has 146 valence electrons. The maximum atomic E-state index is 12.7. The number of nitrogens with zero attached hydrogens (tertiary/aromatic N) is 4. The summed E-state index contributed by atoms with van der Waals surface area (Å²) < 4.78 is 1.59. The lowest BCUT2D eigenvalue weighted by atomic mass is 9.87. The van der Waals surface area contributed by atoms with Crippen LogP contribution in [0.2, 0.25) is 5.02 Å². The van der Waals surface area contributed by atoms with Crippen molar-refractivity contribution >= 4 is 29.0 Å². The first-order chi connectivity index (χ1) is 13.8. The fraction of sp³-hybridized carbons (Fsp3) is 0.182. The first kappa shape index (κ1) is 19.1. The minimum atomic E-state index is -0.209. The zero-order valence-corrected chi connectivity index (χ0v) is 17.1. The second-order valence-corrected chi connectivity index (χ2v) is 8.24. The topological polar surface area (TPSA) is 72.2 Å². The Labute approximate surface area is 173 Å². The van der Waals surface area contributed by atoms with Gasteiger partial charge in [0, 0.05) is 35.8 Å². The Hall–Kier alpha value is -3.25. The molecule has 0 aliphatic rings. The minimum Gasteiger partial charge on any atom is -0.306 e. The van der Waals surface area contributed by atoms with Gasteiger partial charge in [-0.05, 0) is 35.2 Å². The Bertz CT molecular complexity index is 1190. The van der Waals surface area contributed by atoms with Gasteiger partial charge in [-0.25, -0.2) is 4.98 Å². The third-order valence-corrected chi connectivity index (χ3v) is 4.82. The van der Waals surface area contributed by atoms with Crippen LogP contribution in [0.1, 0.15) is 36.7 Å². The summed E-state index contributed by atoms with van der Waals surface area (Å²) in [6.45, 7) is 6.42. The quantitative estimate of drug-likeness (QED) is 0.521. The average molecular weight is 406 g/mol. The van der Waals surface area contributed by atoms with E-state index in [1.165, 1.54) is 5.56 Å². The van der Waals surface area contributed by atoms with E-state index in [1.54, 1.807) is 35.2 Å². The van der Waals surface area contributed by atoms with Gasteiger partial charge in [-0.2, -0.15) is 9.61 Å². The van der Waals surface area contributed by atoms with Gasteiger partial charge in [0.1, 0.15) is 5.82 Å². The van der Waals surface area contributed by atoms with Gasteiger partial charge in [0.05, 0.1) is 10.7 Å². The van der Waals surface area contributed by atoms with Crippen LogP contribution in [0, 0.1) is 0 Å². The summed E-state index contributed by atoms with van der Waals surface area (Å²) in [6, 6.07) is 12.9. The fourth-order valence-corrected chi connectivity index (χ4v) is 3.17. The highest BCUT2D eigenvalue weighted by Gasteiger charge is 2.15. The molecule has 6 nitrogen and oxygen atoms in total. The number of benzene rings is 1. The molecule has 7 heteroatoms. The molecule has 0 atom stereocenters. The van der Waals surface area contributed by atoms with Crippen LogP contribution in [0.3, 0.4) is 0 Å². The zero-order valence-electron chi connectivity index (χ0n) is 16.3. The van der Waals surface area contributed by atoms with Crippen molar-refractivity contribution < 1.29 is 4.79 Å². The van der Waals surface area contributed by atoms with Gasteiger partial charge in [-0.3, -0.25) is 9.78 Å². The second kappa shape index (κ2) is 7.29. The largest absolute Gasteiger partial charge is 0.306 e. The molecular formula is C22H20ClN5O. The third-order valence-electron chi connectivity index (χ3n) is 4.61. The third kappa shape index (κ3) is 3.98. The van der Waals surface area contributed by atoms with Crippen LogP contribution >= 0.6 is 11.6 Å². The number of hydrogen-bond acceptors (Lipinski definition) is 4. The van der Waals surface area contributed by atoms with Crippen LogP contribution < -0.4 is 5.32 Å². The van der Waals surface area contributed by atoms with Crippen molar-refractivity contribution in [3.63, 3.8) is 0 Å². The number of rotatable bonds is 3. The van der Waals surface area contributed by atoms with Gasteiger partial charge in [0.25, 0.3) is 5.91 Å². The van der Waals surface area contributed by atoms with Gasteiger partial charge in [-0.15, -0.1) is 0 Å². The normalized spacial score (nSPS) is 11.6. The van der Waals surface area contributed by atoms with Crippen LogP contribution in [0.15, 0.2) is 61.1 Å². The minimum absolute atomic E-state index is 0.0346. The highest BCUT2D eigenvalue weighted by Crippen LogP contribution is 2.24. The number of pyridine rings is 1. The van der Waals surface area contributed by atoms with Gasteiger partial charge in [0.2, 0.25) is 0 Å². The number of amides is 1. The van der Waals surface area contributed by atoms with Crippen LogP contribution in [0.4, 0.5) is 5.82 Å². The maximum Gasteiger partial charge on any atom is 0.256 e. The van der Waals surface area contributed by atoms with E-state index in [0.29, 0.717) is 27.7 Å². The summed E-state index contributed by atoms with van der Waals surface area (Å²) in [7, 11) is 0. The summed E-state index contributed by atoms with van der Waals surface area (Å²) in [6.07, 6.45) is 4.88. The molecule has 3 heterocycles. The lowest BCUT2D eigenvalue weighted by Crippen LogP contribution is -2.16. The molecule has 0 fully saturated rings. The molecule has 0 unspecified atom stereocenters. The highest BCUT2D eigenvalue weighted by molar-refractivity contribution is 6.30. The molecule has 29 heavy (non-hydrogen) atoms. The highest BCUT2D eigenvalue weighted by atomic mass is 35.5. The molecule has 0 aliphatic heterocycles. The molecule has 0 saturated carbocycles. The summed E-state index contributed by atoms with van der Waals surface area (Å²) >= 11 is 6.03. The number of halogens is 1. The number of carbonyl (C=O) groups excluding carboxylic acids is 1. The summed E-state index contributed by atoms with van der Waals surface area (Å²) in [4.78, 5) is 21.2. The number of anilines is 1. The Morgan fingerprint density at radius 3 is 2.52 bits per heavy atom. The van der Waals surface area contributed by atoms with Crippen molar-refractivity contribution in [2.75, 3.05) is 5.32 Å². The summed E-state index contributed by atoms with van der Waals surface area (Å²) in [5, 5.41) is 8.00. The number of carbonyl (C=O) groups is 1. The van der Waals surface area contributed by atoms with E-state index in [2.05, 4.69) is 41.2 Å². The Morgan fingerprint density at radius 1 is 1.07 bits per heavy atom. The smallest absolute Gasteiger partial charge is 0.256 e. The Kier molecular flexibility index (Phi) is 4.80. The SMILES string of the molecule is CC(C)(C)c1ccc(C(=O)Nc2ccnc3cc(-c4cncc(Cl)c4)nn23)cc1. The standard InChI is InChI=1S/C22H20ClN5O/c1-22(2,3)16-6-4-14(5-7-16)21(29)26-19-8-9-25-20-11-18(27-28(19)20)15-10-17(23)13-24-12-15/h4-13H,1-3H3,(H,26,29). The van der Waals surface area contributed by atoms with E-state index in [4.69, 9.17) is 11.6 Å². The molecule has 1 aromatic carbocycles. The second-order valence-electron chi connectivity index (χ2n) is 7.80. The lowest BCUT2D eigenvalue weighted by Gasteiger charge is -2.19. The summed E-state index contributed by atoms with van der Waals surface area (Å²) in [5.74, 6) is 0.320. The van der Waals surface area contributed by atoms with Crippen LogP contribution in [0.25, 0.3) is 16.9 Å². The van der Waals surface area contributed by atoms with Crippen LogP contribution in [-0.4, -0.2) is 25.5 Å². The van der Waals surface area contributed by atoms with E-state index >= 15 is 0 Å². The van der Waals surface area contributed by atoms with Gasteiger partial charge in [0.15, 0.2) is 5.65 Å². The molecule has 4 rings (SSSR count). The van der Waals surface area contributed by atoms with Crippen molar-refractivity contribution in [1.82, 2.24) is 19.6 Å². The van der Waals surface area contributed by atoms with E-state index in [1.807, 2.05) is 30.3 Å². The molecule has 0 bridgehead atoms. The molecule has 3 aromatic heterocycles. The predicted molar refractivity (Wildman–Crippen MR) is 114 cm³/mol. The predicted octanol–water partition coefficient (Wildman–Crippen LogP) is 4.99. The van der Waals surface area contributed by atoms with E-state index in [-0.39, 0.29) is 11.3 Å². The van der Waals surface area contributed by atoms with Gasteiger partial charge < -0.3 is 5.32 Å². The monoisotopic (exact) mass is 405 g/mol. The molecule has 4 aromatic rings. The van der Waals surface area contributed by atoms with Crippen LogP contribution in [-0.2, 0) is 5.41 Å². The van der Waals surface area contributed by atoms with Crippen molar-refractivity contribution in [3.05, 3.63) is 77.2 Å². The molecular weight excluding hydrogens is 386 g/mol. The Balaban J connectivity index is 1.63. The number of aromatic nitrogens is 4. The number of hydrogen-bond donors (Lipinski definition) is 1. The lowest BCUT2D eigenvalue weighted by molar-refractivity contribution is 0.102. The van der Waals surface area contributed by atoms with E-state index < -0.39 is 0 Å². The molecule has 1 amide bonds. The van der Waals surface area contributed by atoms with Gasteiger partial charge in [-0.1, -0.05) is 44.5 Å². The molecule has 0 saturated heterocycles. The number of nitrogens with one attached hydrogen (secondary N) is 1. The van der Waals surface area contributed by atoms with Crippen molar-refractivity contribution in [2.24, 2.45) is 0 Å².